The van der Waals surface area contributed by atoms with Gasteiger partial charge in [-0.05, 0) is 38.1 Å². The van der Waals surface area contributed by atoms with E-state index < -0.39 is 0 Å². The molecule has 0 amide bonds. The van der Waals surface area contributed by atoms with Gasteiger partial charge in [-0.3, -0.25) is 0 Å². The Morgan fingerprint density at radius 2 is 2.24 bits per heavy atom. The Morgan fingerprint density at radius 1 is 1.38 bits per heavy atom. The Kier molecular flexibility index (Phi) is 4.20. The summed E-state index contributed by atoms with van der Waals surface area (Å²) in [7, 11) is 2.15. The highest BCUT2D eigenvalue weighted by molar-refractivity contribution is 5.41. The fourth-order valence-corrected chi connectivity index (χ4v) is 3.14. The van der Waals surface area contributed by atoms with Crippen LogP contribution in [0.15, 0.2) is 18.2 Å². The molecule has 1 aromatic carbocycles. The standard InChI is InChI=1S/C17H26N2O2/c1-17(2)9-14-8-13(4-5-16(14)21-17)10-18-11-15-12-19(3)6-7-20-15/h4-5,8,15,18H,6-7,9-12H2,1-3H3. The van der Waals surface area contributed by atoms with E-state index in [0.29, 0.717) is 6.10 Å². The van der Waals surface area contributed by atoms with Gasteiger partial charge in [-0.1, -0.05) is 12.1 Å². The van der Waals surface area contributed by atoms with Gasteiger partial charge in [-0.25, -0.2) is 0 Å². The normalized spacial score (nSPS) is 24.6. The molecule has 3 rings (SSSR count). The van der Waals surface area contributed by atoms with Crippen LogP contribution < -0.4 is 10.1 Å². The molecule has 1 fully saturated rings. The lowest BCUT2D eigenvalue weighted by Gasteiger charge is -2.30. The maximum atomic E-state index is 5.91. The van der Waals surface area contributed by atoms with Gasteiger partial charge in [0.05, 0.1) is 12.7 Å². The highest BCUT2D eigenvalue weighted by Gasteiger charge is 2.29. The molecule has 21 heavy (non-hydrogen) atoms. The molecule has 1 atom stereocenters. The number of nitrogens with one attached hydrogen (secondary N) is 1. The minimum Gasteiger partial charge on any atom is -0.487 e. The molecule has 116 valence electrons. The lowest BCUT2D eigenvalue weighted by atomic mass is 10.0. The van der Waals surface area contributed by atoms with Crippen molar-refractivity contribution in [2.24, 2.45) is 0 Å². The fourth-order valence-electron chi connectivity index (χ4n) is 3.14. The second-order valence-corrected chi connectivity index (χ2v) is 6.87. The Morgan fingerprint density at radius 3 is 3.05 bits per heavy atom. The first-order valence-electron chi connectivity index (χ1n) is 7.83. The van der Waals surface area contributed by atoms with Gasteiger partial charge in [0.15, 0.2) is 0 Å². The van der Waals surface area contributed by atoms with Crippen molar-refractivity contribution < 1.29 is 9.47 Å². The summed E-state index contributed by atoms with van der Waals surface area (Å²) in [6, 6.07) is 6.53. The molecular formula is C17H26N2O2. The van der Waals surface area contributed by atoms with Gasteiger partial charge in [-0.15, -0.1) is 0 Å². The van der Waals surface area contributed by atoms with Crippen LogP contribution in [0.5, 0.6) is 5.75 Å². The van der Waals surface area contributed by atoms with E-state index in [1.54, 1.807) is 0 Å². The van der Waals surface area contributed by atoms with Gasteiger partial charge in [0.1, 0.15) is 11.4 Å². The van der Waals surface area contributed by atoms with Gasteiger partial charge in [0.2, 0.25) is 0 Å². The number of fused-ring (bicyclic) bond motifs is 1. The highest BCUT2D eigenvalue weighted by atomic mass is 16.5. The number of likely N-dealkylation sites (N-methyl/N-ethyl adjacent to an activating group) is 1. The second-order valence-electron chi connectivity index (χ2n) is 6.87. The molecular weight excluding hydrogens is 264 g/mol. The predicted molar refractivity (Wildman–Crippen MR) is 83.8 cm³/mol. The summed E-state index contributed by atoms with van der Waals surface area (Å²) in [6.07, 6.45) is 1.30. The average Bonchev–Trinajstić information content (AvgIpc) is 2.72. The molecule has 1 unspecified atom stereocenters. The summed E-state index contributed by atoms with van der Waals surface area (Å²) in [5.74, 6) is 1.04. The number of ether oxygens (including phenoxy) is 2. The quantitative estimate of drug-likeness (QED) is 0.917. The first-order valence-corrected chi connectivity index (χ1v) is 7.83. The van der Waals surface area contributed by atoms with Crippen LogP contribution in [-0.2, 0) is 17.7 Å². The van der Waals surface area contributed by atoms with Crippen molar-refractivity contribution in [3.8, 4) is 5.75 Å². The third-order valence-corrected chi connectivity index (χ3v) is 4.17. The maximum Gasteiger partial charge on any atom is 0.123 e. The van der Waals surface area contributed by atoms with E-state index in [-0.39, 0.29) is 5.60 Å². The lowest BCUT2D eigenvalue weighted by Crippen LogP contribution is -2.44. The molecule has 1 N–H and O–H groups in total. The van der Waals surface area contributed by atoms with E-state index in [0.717, 1.165) is 45.0 Å². The van der Waals surface area contributed by atoms with E-state index in [9.17, 15) is 0 Å². The molecule has 0 saturated carbocycles. The summed E-state index contributed by atoms with van der Waals surface area (Å²) >= 11 is 0. The maximum absolute atomic E-state index is 5.91. The zero-order chi connectivity index (χ0) is 14.9. The zero-order valence-corrected chi connectivity index (χ0v) is 13.3. The first kappa shape index (κ1) is 14.8. The van der Waals surface area contributed by atoms with Crippen LogP contribution in [0.2, 0.25) is 0 Å². The monoisotopic (exact) mass is 290 g/mol. The number of nitrogens with zero attached hydrogens (tertiary/aromatic N) is 1. The average molecular weight is 290 g/mol. The largest absolute Gasteiger partial charge is 0.487 e. The summed E-state index contributed by atoms with van der Waals surface area (Å²) in [6.45, 7) is 8.97. The Labute approximate surface area is 127 Å². The van der Waals surface area contributed by atoms with E-state index in [2.05, 4.69) is 49.3 Å². The molecule has 0 aliphatic carbocycles. The van der Waals surface area contributed by atoms with Crippen LogP contribution in [0.3, 0.4) is 0 Å². The van der Waals surface area contributed by atoms with Gasteiger partial charge in [0, 0.05) is 32.6 Å². The summed E-state index contributed by atoms with van der Waals surface area (Å²) < 4.78 is 11.7. The molecule has 1 saturated heterocycles. The van der Waals surface area contributed by atoms with Crippen molar-refractivity contribution in [2.75, 3.05) is 33.3 Å². The van der Waals surface area contributed by atoms with Gasteiger partial charge in [-0.2, -0.15) is 0 Å². The van der Waals surface area contributed by atoms with Crippen molar-refractivity contribution in [1.29, 1.82) is 0 Å². The van der Waals surface area contributed by atoms with Crippen LogP contribution in [0.25, 0.3) is 0 Å². The van der Waals surface area contributed by atoms with Gasteiger partial charge >= 0.3 is 0 Å². The molecule has 0 bridgehead atoms. The SMILES string of the molecule is CN1CCOC(CNCc2ccc3c(c2)CC(C)(C)O3)C1. The topological polar surface area (TPSA) is 33.7 Å². The number of morpholine rings is 1. The van der Waals surface area contributed by atoms with Gasteiger partial charge < -0.3 is 19.7 Å². The predicted octanol–water partition coefficient (Wildman–Crippen LogP) is 1.82. The van der Waals surface area contributed by atoms with E-state index in [4.69, 9.17) is 9.47 Å². The minimum atomic E-state index is -0.0606. The van der Waals surface area contributed by atoms with Crippen molar-refractivity contribution in [3.63, 3.8) is 0 Å². The number of benzene rings is 1. The van der Waals surface area contributed by atoms with E-state index in [1.807, 2.05) is 0 Å². The van der Waals surface area contributed by atoms with Crippen molar-refractivity contribution in [3.05, 3.63) is 29.3 Å². The van der Waals surface area contributed by atoms with Crippen molar-refractivity contribution in [1.82, 2.24) is 10.2 Å². The fraction of sp³-hybridized carbons (Fsp3) is 0.647. The lowest BCUT2D eigenvalue weighted by molar-refractivity contribution is -0.0182. The highest BCUT2D eigenvalue weighted by Crippen LogP contribution is 2.35. The van der Waals surface area contributed by atoms with Crippen LogP contribution in [0, 0.1) is 0 Å². The van der Waals surface area contributed by atoms with E-state index >= 15 is 0 Å². The number of hydrogen-bond donors (Lipinski definition) is 1. The summed E-state index contributed by atoms with van der Waals surface area (Å²) in [4.78, 5) is 2.32. The zero-order valence-electron chi connectivity index (χ0n) is 13.3. The second kappa shape index (κ2) is 5.95. The summed E-state index contributed by atoms with van der Waals surface area (Å²) in [5, 5.41) is 3.51. The third-order valence-electron chi connectivity index (χ3n) is 4.17. The molecule has 0 radical (unpaired) electrons. The third kappa shape index (κ3) is 3.76. The van der Waals surface area contributed by atoms with Crippen LogP contribution in [0.1, 0.15) is 25.0 Å². The van der Waals surface area contributed by atoms with Crippen LogP contribution in [0.4, 0.5) is 0 Å². The minimum absolute atomic E-state index is 0.0606. The summed E-state index contributed by atoms with van der Waals surface area (Å²) in [5.41, 5.74) is 2.58. The van der Waals surface area contributed by atoms with Crippen molar-refractivity contribution >= 4 is 0 Å². The molecule has 1 aromatic rings. The van der Waals surface area contributed by atoms with Crippen molar-refractivity contribution in [2.45, 2.75) is 38.5 Å². The molecule has 2 aliphatic heterocycles. The smallest absolute Gasteiger partial charge is 0.123 e. The Balaban J connectivity index is 1.50. The van der Waals surface area contributed by atoms with Crippen LogP contribution >= 0.6 is 0 Å². The molecule has 2 heterocycles. The van der Waals surface area contributed by atoms with E-state index in [1.165, 1.54) is 11.1 Å². The molecule has 0 aromatic heterocycles. The molecule has 0 spiro atoms. The Bertz CT molecular complexity index is 502. The molecule has 4 heteroatoms. The number of hydrogen-bond acceptors (Lipinski definition) is 4. The first-order chi connectivity index (χ1) is 10.0. The van der Waals surface area contributed by atoms with Crippen LogP contribution in [-0.4, -0.2) is 49.9 Å². The van der Waals surface area contributed by atoms with Gasteiger partial charge in [0.25, 0.3) is 0 Å². The molecule has 4 nitrogen and oxygen atoms in total. The number of rotatable bonds is 4. The molecule has 2 aliphatic rings. The Hall–Kier alpha value is -1.10.